The van der Waals surface area contributed by atoms with Crippen LogP contribution in [0.1, 0.15) is 0 Å². The zero-order chi connectivity index (χ0) is 15.1. The zero-order valence-electron chi connectivity index (χ0n) is 11.2. The molecule has 0 radical (unpaired) electrons. The summed E-state index contributed by atoms with van der Waals surface area (Å²) in [5.74, 6) is 1.31. The van der Waals surface area contributed by atoms with Crippen LogP contribution < -0.4 is 20.9 Å². The fraction of sp³-hybridized carbons (Fsp3) is 0.143. The molecule has 0 amide bonds. The summed E-state index contributed by atoms with van der Waals surface area (Å²) < 4.78 is 9.83. The first-order valence-electron chi connectivity index (χ1n) is 5.66. The molecule has 0 unspecified atom stereocenters. The van der Waals surface area contributed by atoms with Gasteiger partial charge in [-0.3, -0.25) is 0 Å². The summed E-state index contributed by atoms with van der Waals surface area (Å²) in [4.78, 5) is 0. The summed E-state index contributed by atoms with van der Waals surface area (Å²) in [6.07, 6.45) is 0. The third-order valence-electron chi connectivity index (χ3n) is 2.38. The fourth-order valence-corrected chi connectivity index (χ4v) is 1.77. The molecule has 0 saturated heterocycles. The Morgan fingerprint density at radius 2 is 1.10 bits per heavy atom. The summed E-state index contributed by atoms with van der Waals surface area (Å²) in [7, 11) is 3.14. The Balaban J connectivity index is 0.000000200. The molecule has 4 N–H and O–H groups in total. The van der Waals surface area contributed by atoms with Crippen molar-refractivity contribution in [2.45, 2.75) is 0 Å². The molecular weight excluding hydrogens is 299 g/mol. The summed E-state index contributed by atoms with van der Waals surface area (Å²) in [5.41, 5.74) is 12.2. The summed E-state index contributed by atoms with van der Waals surface area (Å²) in [6.45, 7) is 0. The van der Waals surface area contributed by atoms with Crippen LogP contribution in [0, 0.1) is 0 Å². The van der Waals surface area contributed by atoms with Gasteiger partial charge in [-0.05, 0) is 36.4 Å². The number of benzene rings is 2. The second-order valence-electron chi connectivity index (χ2n) is 3.77. The van der Waals surface area contributed by atoms with E-state index in [1.54, 1.807) is 50.6 Å². The van der Waals surface area contributed by atoms with E-state index in [1.807, 2.05) is 0 Å². The maximum absolute atomic E-state index is 5.64. The number of anilines is 2. The Bertz CT molecular complexity index is 526. The maximum atomic E-state index is 5.64. The minimum absolute atomic E-state index is 0.565. The predicted molar refractivity (Wildman–Crippen MR) is 84.8 cm³/mol. The molecule has 0 aliphatic carbocycles. The Hall–Kier alpha value is -1.78. The Morgan fingerprint density at radius 3 is 1.35 bits per heavy atom. The quantitative estimate of drug-likeness (QED) is 0.826. The first kappa shape index (κ1) is 16.3. The maximum Gasteiger partial charge on any atom is 0.141 e. The molecule has 20 heavy (non-hydrogen) atoms. The van der Waals surface area contributed by atoms with E-state index in [1.165, 1.54) is 0 Å². The van der Waals surface area contributed by atoms with Crippen LogP contribution in [-0.4, -0.2) is 14.2 Å². The van der Waals surface area contributed by atoms with E-state index in [2.05, 4.69) is 0 Å². The van der Waals surface area contributed by atoms with Gasteiger partial charge in [-0.15, -0.1) is 0 Å². The van der Waals surface area contributed by atoms with Crippen molar-refractivity contribution in [3.05, 3.63) is 46.4 Å². The van der Waals surface area contributed by atoms with E-state index in [4.69, 9.17) is 44.1 Å². The van der Waals surface area contributed by atoms with Gasteiger partial charge < -0.3 is 20.9 Å². The van der Waals surface area contributed by atoms with Crippen LogP contribution in [0.25, 0.3) is 0 Å². The van der Waals surface area contributed by atoms with Crippen LogP contribution in [0.5, 0.6) is 11.5 Å². The lowest BCUT2D eigenvalue weighted by Crippen LogP contribution is -1.90. The highest BCUT2D eigenvalue weighted by Crippen LogP contribution is 2.24. The van der Waals surface area contributed by atoms with Crippen molar-refractivity contribution in [3.8, 4) is 11.5 Å². The number of halogens is 2. The number of nitrogen functional groups attached to an aromatic ring is 2. The van der Waals surface area contributed by atoms with Crippen LogP contribution in [0.2, 0.25) is 10.0 Å². The molecule has 2 aromatic carbocycles. The van der Waals surface area contributed by atoms with Gasteiger partial charge in [0.2, 0.25) is 0 Å². The molecule has 0 aromatic heterocycles. The number of methoxy groups -OCH3 is 2. The summed E-state index contributed by atoms with van der Waals surface area (Å²) >= 11 is 11.3. The van der Waals surface area contributed by atoms with Crippen molar-refractivity contribution in [1.29, 1.82) is 0 Å². The van der Waals surface area contributed by atoms with Crippen molar-refractivity contribution in [2.24, 2.45) is 0 Å². The van der Waals surface area contributed by atoms with E-state index in [9.17, 15) is 0 Å². The van der Waals surface area contributed by atoms with Crippen molar-refractivity contribution >= 4 is 34.6 Å². The zero-order valence-corrected chi connectivity index (χ0v) is 12.7. The molecule has 0 aliphatic heterocycles. The summed E-state index contributed by atoms with van der Waals surface area (Å²) in [5, 5.41) is 1.25. The minimum Gasteiger partial charge on any atom is -0.495 e. The fourth-order valence-electron chi connectivity index (χ4n) is 1.41. The second kappa shape index (κ2) is 7.72. The first-order valence-corrected chi connectivity index (χ1v) is 6.41. The Kier molecular flexibility index (Phi) is 6.28. The smallest absolute Gasteiger partial charge is 0.141 e. The van der Waals surface area contributed by atoms with Gasteiger partial charge in [0.1, 0.15) is 11.5 Å². The van der Waals surface area contributed by atoms with Crippen molar-refractivity contribution in [2.75, 3.05) is 25.7 Å². The van der Waals surface area contributed by atoms with Gasteiger partial charge in [0.25, 0.3) is 0 Å². The van der Waals surface area contributed by atoms with Crippen LogP contribution >= 0.6 is 23.2 Å². The molecule has 0 fully saturated rings. The predicted octanol–water partition coefficient (Wildman–Crippen LogP) is 3.86. The van der Waals surface area contributed by atoms with E-state index >= 15 is 0 Å². The van der Waals surface area contributed by atoms with Crippen LogP contribution in [-0.2, 0) is 0 Å². The monoisotopic (exact) mass is 314 g/mol. The molecule has 6 heteroatoms. The van der Waals surface area contributed by atoms with E-state index < -0.39 is 0 Å². The SMILES string of the molecule is COc1ccc(Cl)cc1N.COc1ccc(Cl)cc1N. The number of hydrogen-bond acceptors (Lipinski definition) is 4. The number of rotatable bonds is 2. The van der Waals surface area contributed by atoms with Crippen LogP contribution in [0.15, 0.2) is 36.4 Å². The van der Waals surface area contributed by atoms with Gasteiger partial charge >= 0.3 is 0 Å². The van der Waals surface area contributed by atoms with Crippen LogP contribution in [0.4, 0.5) is 11.4 Å². The topological polar surface area (TPSA) is 70.5 Å². The van der Waals surface area contributed by atoms with Gasteiger partial charge in [-0.25, -0.2) is 0 Å². The molecule has 0 bridgehead atoms. The second-order valence-corrected chi connectivity index (χ2v) is 4.65. The Morgan fingerprint density at radius 1 is 0.750 bits per heavy atom. The van der Waals surface area contributed by atoms with Crippen molar-refractivity contribution < 1.29 is 9.47 Å². The highest BCUT2D eigenvalue weighted by Gasteiger charge is 1.97. The van der Waals surface area contributed by atoms with E-state index in [-0.39, 0.29) is 0 Å². The van der Waals surface area contributed by atoms with E-state index in [0.29, 0.717) is 32.9 Å². The molecule has 0 atom stereocenters. The van der Waals surface area contributed by atoms with Gasteiger partial charge in [0.15, 0.2) is 0 Å². The average Bonchev–Trinajstić information content (AvgIpc) is 2.40. The van der Waals surface area contributed by atoms with Crippen molar-refractivity contribution in [3.63, 3.8) is 0 Å². The standard InChI is InChI=1S/2C7H8ClNO/c2*1-10-7-3-2-5(8)4-6(7)9/h2*2-4H,9H2,1H3. The van der Waals surface area contributed by atoms with Gasteiger partial charge in [-0.1, -0.05) is 23.2 Å². The molecule has 0 saturated carbocycles. The molecule has 2 aromatic rings. The highest BCUT2D eigenvalue weighted by molar-refractivity contribution is 6.31. The average molecular weight is 315 g/mol. The largest absolute Gasteiger partial charge is 0.495 e. The normalized spacial score (nSPS) is 9.40. The number of ether oxygens (including phenoxy) is 2. The number of nitrogens with two attached hydrogens (primary N) is 2. The molecule has 0 spiro atoms. The molecule has 0 aliphatic rings. The minimum atomic E-state index is 0.565. The molecule has 108 valence electrons. The van der Waals surface area contributed by atoms with Crippen LogP contribution in [0.3, 0.4) is 0 Å². The lowest BCUT2D eigenvalue weighted by atomic mass is 10.3. The van der Waals surface area contributed by atoms with Gasteiger partial charge in [-0.2, -0.15) is 0 Å². The third kappa shape index (κ3) is 4.72. The third-order valence-corrected chi connectivity index (χ3v) is 2.85. The highest BCUT2D eigenvalue weighted by atomic mass is 35.5. The Labute approximate surface area is 128 Å². The lowest BCUT2D eigenvalue weighted by molar-refractivity contribution is 0.417. The summed E-state index contributed by atoms with van der Waals surface area (Å²) in [6, 6.07) is 10.2. The first-order chi connectivity index (χ1) is 9.47. The van der Waals surface area contributed by atoms with Crippen molar-refractivity contribution in [1.82, 2.24) is 0 Å². The number of hydrogen-bond donors (Lipinski definition) is 2. The molecule has 2 rings (SSSR count). The molecule has 0 heterocycles. The lowest BCUT2D eigenvalue weighted by Gasteiger charge is -2.02. The van der Waals surface area contributed by atoms with Gasteiger partial charge in [0, 0.05) is 10.0 Å². The molecule has 4 nitrogen and oxygen atoms in total. The van der Waals surface area contributed by atoms with Gasteiger partial charge in [0.05, 0.1) is 25.6 Å². The molecular formula is C14H16Cl2N2O2. The van der Waals surface area contributed by atoms with E-state index in [0.717, 1.165) is 0 Å².